The number of carbonyl (C=O) groups is 4. The largest absolute Gasteiger partial charge is 0.481 e. The van der Waals surface area contributed by atoms with Crippen molar-refractivity contribution in [2.24, 2.45) is 16.2 Å². The molecule has 0 fully saturated rings. The van der Waals surface area contributed by atoms with Crippen LogP contribution in [-0.4, -0.2) is 42.2 Å². The number of carbonyl (C=O) groups excluding carboxylic acids is 3. The molecule has 0 radical (unpaired) electrons. The first kappa shape index (κ1) is 37.0. The minimum absolute atomic E-state index is 0.0667. The molecule has 0 saturated heterocycles. The van der Waals surface area contributed by atoms with Crippen LogP contribution in [0.5, 0.6) is 5.75 Å². The van der Waals surface area contributed by atoms with Crippen LogP contribution in [-0.2, 0) is 28.7 Å². The van der Waals surface area contributed by atoms with Crippen molar-refractivity contribution in [2.75, 3.05) is 13.2 Å². The Morgan fingerprint density at radius 3 is 1.53 bits per heavy atom. The molecular weight excluding hydrogens is 488 g/mol. The second kappa shape index (κ2) is 17.4. The summed E-state index contributed by atoms with van der Waals surface area (Å²) in [5, 5.41) is 8.44. The lowest BCUT2D eigenvalue weighted by atomic mass is 9.91. The van der Waals surface area contributed by atoms with Crippen molar-refractivity contribution in [1.29, 1.82) is 0 Å². The van der Waals surface area contributed by atoms with Gasteiger partial charge < -0.3 is 19.3 Å². The van der Waals surface area contributed by atoms with Gasteiger partial charge in [-0.3, -0.25) is 14.4 Å². The van der Waals surface area contributed by atoms with Gasteiger partial charge >= 0.3 is 23.9 Å². The van der Waals surface area contributed by atoms with E-state index in [9.17, 15) is 19.2 Å². The highest BCUT2D eigenvalue weighted by molar-refractivity contribution is 5.86. The number of rotatable bonds is 11. The Bertz CT molecular complexity index is 898. The molecule has 0 saturated carbocycles. The van der Waals surface area contributed by atoms with Gasteiger partial charge in [0, 0.05) is 5.57 Å². The highest BCUT2D eigenvalue weighted by atomic mass is 16.6. The summed E-state index contributed by atoms with van der Waals surface area (Å²) in [6.45, 7) is 21.8. The summed E-state index contributed by atoms with van der Waals surface area (Å²) in [6.07, 6.45) is 2.17. The average molecular weight is 537 g/mol. The quantitative estimate of drug-likeness (QED) is 0.145. The molecule has 0 unspecified atom stereocenters. The third-order valence-electron chi connectivity index (χ3n) is 6.19. The monoisotopic (exact) mass is 536 g/mol. The average Bonchev–Trinajstić information content (AvgIpc) is 2.87. The zero-order valence-corrected chi connectivity index (χ0v) is 24.9. The minimum atomic E-state index is -0.722. The van der Waals surface area contributed by atoms with E-state index in [1.807, 2.05) is 66.7 Å². The van der Waals surface area contributed by atoms with Crippen LogP contribution in [0.3, 0.4) is 0 Å². The Morgan fingerprint density at radius 2 is 1.16 bits per heavy atom. The summed E-state index contributed by atoms with van der Waals surface area (Å²) < 4.78 is 15.0. The molecule has 0 aliphatic rings. The van der Waals surface area contributed by atoms with Crippen LogP contribution < -0.4 is 4.74 Å². The molecule has 0 bridgehead atoms. The molecule has 1 rings (SSSR count). The first-order chi connectivity index (χ1) is 17.4. The maximum absolute atomic E-state index is 11.6. The van der Waals surface area contributed by atoms with E-state index < -0.39 is 28.2 Å². The Labute approximate surface area is 228 Å². The number of esters is 3. The van der Waals surface area contributed by atoms with Crippen molar-refractivity contribution in [1.82, 2.24) is 0 Å². The fourth-order valence-electron chi connectivity index (χ4n) is 1.76. The summed E-state index contributed by atoms with van der Waals surface area (Å²) in [7, 11) is 0. The van der Waals surface area contributed by atoms with Crippen molar-refractivity contribution in [3.8, 4) is 5.75 Å². The summed E-state index contributed by atoms with van der Waals surface area (Å²) in [5.74, 6) is -1.03. The number of aliphatic carboxylic acids is 1. The number of hydrogen-bond acceptors (Lipinski definition) is 7. The molecular formula is C30H48O8. The Hall–Kier alpha value is -3.16. The molecule has 1 N–H and O–H groups in total. The zero-order valence-electron chi connectivity index (χ0n) is 24.9. The van der Waals surface area contributed by atoms with Crippen molar-refractivity contribution >= 4 is 23.9 Å². The summed E-state index contributed by atoms with van der Waals surface area (Å²) >= 11 is 0. The standard InChI is InChI=1S/C12H20O4.C12H16O2.C6H12O2/c1-6-12(4,5)11(14)16-8-7-15-10(13)9(2)3;1-4-12(2,3)11(13)14-10-8-6-5-7-9-10;1-4-6(2,3)5(7)8/h2,6-8H2,1,3-5H3;5-9H,4H2,1-3H3;4H2,1-3H3,(H,7,8). The van der Waals surface area contributed by atoms with Gasteiger partial charge in [0.15, 0.2) is 0 Å². The van der Waals surface area contributed by atoms with E-state index in [0.29, 0.717) is 24.2 Å². The fraction of sp³-hybridized carbons (Fsp3) is 0.600. The molecule has 0 atom stereocenters. The lowest BCUT2D eigenvalue weighted by molar-refractivity contribution is -0.158. The third kappa shape index (κ3) is 15.2. The van der Waals surface area contributed by atoms with Crippen molar-refractivity contribution in [3.05, 3.63) is 42.5 Å². The molecule has 0 heterocycles. The van der Waals surface area contributed by atoms with E-state index in [-0.39, 0.29) is 25.2 Å². The Morgan fingerprint density at radius 1 is 0.737 bits per heavy atom. The van der Waals surface area contributed by atoms with Gasteiger partial charge in [-0.2, -0.15) is 0 Å². The third-order valence-corrected chi connectivity index (χ3v) is 6.19. The van der Waals surface area contributed by atoms with Crippen LogP contribution in [0.1, 0.15) is 88.5 Å². The van der Waals surface area contributed by atoms with E-state index >= 15 is 0 Å². The van der Waals surface area contributed by atoms with E-state index in [1.165, 1.54) is 0 Å². The minimum Gasteiger partial charge on any atom is -0.481 e. The maximum Gasteiger partial charge on any atom is 0.333 e. The maximum atomic E-state index is 11.6. The van der Waals surface area contributed by atoms with Crippen LogP contribution in [0, 0.1) is 16.2 Å². The number of para-hydroxylation sites is 1. The highest BCUT2D eigenvalue weighted by Gasteiger charge is 2.28. The van der Waals surface area contributed by atoms with E-state index in [1.54, 1.807) is 32.9 Å². The van der Waals surface area contributed by atoms with Crippen LogP contribution in [0.25, 0.3) is 0 Å². The molecule has 1 aromatic rings. The lowest BCUT2D eigenvalue weighted by Crippen LogP contribution is -2.28. The van der Waals surface area contributed by atoms with E-state index in [0.717, 1.165) is 6.42 Å². The van der Waals surface area contributed by atoms with Crippen LogP contribution >= 0.6 is 0 Å². The van der Waals surface area contributed by atoms with Crippen LogP contribution in [0.2, 0.25) is 0 Å². The molecule has 1 aromatic carbocycles. The molecule has 0 aliphatic heterocycles. The molecule has 0 aliphatic carbocycles. The summed E-state index contributed by atoms with van der Waals surface area (Å²) in [6, 6.07) is 9.15. The van der Waals surface area contributed by atoms with Crippen molar-refractivity contribution in [2.45, 2.75) is 88.5 Å². The number of carboxylic acid groups (broad SMARTS) is 1. The van der Waals surface area contributed by atoms with E-state index in [4.69, 9.17) is 19.3 Å². The number of carboxylic acids is 1. The number of benzene rings is 1. The SMILES string of the molecule is C=C(C)C(=O)OCCOC(=O)C(C)(C)CC.CCC(C)(C)C(=O)O.CCC(C)(C)C(=O)Oc1ccccc1. The van der Waals surface area contributed by atoms with Gasteiger partial charge in [0.2, 0.25) is 0 Å². The molecule has 216 valence electrons. The number of ether oxygens (including phenoxy) is 3. The summed E-state index contributed by atoms with van der Waals surface area (Å²) in [5.41, 5.74) is -1.10. The van der Waals surface area contributed by atoms with Crippen molar-refractivity contribution in [3.63, 3.8) is 0 Å². The smallest absolute Gasteiger partial charge is 0.333 e. The molecule has 0 aromatic heterocycles. The molecule has 0 spiro atoms. The molecule has 0 amide bonds. The topological polar surface area (TPSA) is 116 Å². The van der Waals surface area contributed by atoms with Crippen molar-refractivity contribution < 1.29 is 38.5 Å². The normalized spacial score (nSPS) is 11.0. The second-order valence-electron chi connectivity index (χ2n) is 10.8. The van der Waals surface area contributed by atoms with Gasteiger partial charge in [-0.1, -0.05) is 45.5 Å². The van der Waals surface area contributed by atoms with Crippen LogP contribution in [0.15, 0.2) is 42.5 Å². The fourth-order valence-corrected chi connectivity index (χ4v) is 1.76. The molecule has 8 nitrogen and oxygen atoms in total. The van der Waals surface area contributed by atoms with Gasteiger partial charge in [0.1, 0.15) is 19.0 Å². The molecule has 8 heteroatoms. The van der Waals surface area contributed by atoms with Gasteiger partial charge in [-0.25, -0.2) is 4.79 Å². The van der Waals surface area contributed by atoms with Gasteiger partial charge in [-0.15, -0.1) is 0 Å². The van der Waals surface area contributed by atoms with E-state index in [2.05, 4.69) is 6.58 Å². The van der Waals surface area contributed by atoms with Gasteiger partial charge in [-0.05, 0) is 79.9 Å². The zero-order chi connectivity index (χ0) is 30.2. The second-order valence-corrected chi connectivity index (χ2v) is 10.8. The lowest BCUT2D eigenvalue weighted by Gasteiger charge is -2.20. The van der Waals surface area contributed by atoms with Gasteiger partial charge in [0.05, 0.1) is 16.2 Å². The molecule has 38 heavy (non-hydrogen) atoms. The summed E-state index contributed by atoms with van der Waals surface area (Å²) in [4.78, 5) is 44.4. The first-order valence-corrected chi connectivity index (χ1v) is 12.9. The van der Waals surface area contributed by atoms with Gasteiger partial charge in [0.25, 0.3) is 0 Å². The Balaban J connectivity index is 0. The van der Waals surface area contributed by atoms with Crippen LogP contribution in [0.4, 0.5) is 0 Å². The highest BCUT2D eigenvalue weighted by Crippen LogP contribution is 2.23. The number of hydrogen-bond donors (Lipinski definition) is 1. The first-order valence-electron chi connectivity index (χ1n) is 12.9. The predicted molar refractivity (Wildman–Crippen MR) is 149 cm³/mol. The predicted octanol–water partition coefficient (Wildman–Crippen LogP) is 6.62. The Kier molecular flexibility index (Phi) is 16.9.